The van der Waals surface area contributed by atoms with Gasteiger partial charge in [-0.3, -0.25) is 5.10 Å². The number of hydrogen-bond acceptors (Lipinski definition) is 3. The van der Waals surface area contributed by atoms with Crippen molar-refractivity contribution < 1.29 is 13.2 Å². The smallest absolute Gasteiger partial charge is 0.382 e. The highest BCUT2D eigenvalue weighted by Crippen LogP contribution is 2.32. The van der Waals surface area contributed by atoms with Crippen molar-refractivity contribution in [3.63, 3.8) is 0 Å². The summed E-state index contributed by atoms with van der Waals surface area (Å²) in [6.45, 7) is 1.25. The Morgan fingerprint density at radius 2 is 1.90 bits per heavy atom. The summed E-state index contributed by atoms with van der Waals surface area (Å²) in [7, 11) is 0. The number of anilines is 1. The summed E-state index contributed by atoms with van der Waals surface area (Å²) in [6, 6.07) is 4.95. The molecule has 0 saturated heterocycles. The van der Waals surface area contributed by atoms with Gasteiger partial charge in [0.1, 0.15) is 0 Å². The second-order valence-electron chi connectivity index (χ2n) is 4.30. The van der Waals surface area contributed by atoms with E-state index in [9.17, 15) is 13.2 Å². The summed E-state index contributed by atoms with van der Waals surface area (Å²) in [6.07, 6.45) is -1.92. The fourth-order valence-electron chi connectivity index (χ4n) is 1.79. The van der Waals surface area contributed by atoms with Gasteiger partial charge in [-0.05, 0) is 25.1 Å². The molecule has 0 fully saturated rings. The van der Waals surface area contributed by atoms with Gasteiger partial charge in [-0.1, -0.05) is 12.1 Å². The fraction of sp³-hybridized carbons (Fsp3) is 0.308. The SMILES string of the molecule is NCCCNc1cn[nH]c1-c1ccc(C(F)(F)F)cc1. The van der Waals surface area contributed by atoms with Gasteiger partial charge in [0.25, 0.3) is 0 Å². The highest BCUT2D eigenvalue weighted by atomic mass is 19.4. The van der Waals surface area contributed by atoms with E-state index in [1.54, 1.807) is 6.20 Å². The lowest BCUT2D eigenvalue weighted by atomic mass is 10.1. The standard InChI is InChI=1S/C13H15F3N4/c14-13(15,16)10-4-2-9(3-5-10)12-11(8-19-20-12)18-7-1-6-17/h2-5,8,18H,1,6-7,17H2,(H,19,20). The summed E-state index contributed by atoms with van der Waals surface area (Å²) < 4.78 is 37.5. The van der Waals surface area contributed by atoms with E-state index in [0.29, 0.717) is 24.3 Å². The molecule has 7 heteroatoms. The van der Waals surface area contributed by atoms with Gasteiger partial charge in [-0.15, -0.1) is 0 Å². The van der Waals surface area contributed by atoms with Gasteiger partial charge >= 0.3 is 6.18 Å². The van der Waals surface area contributed by atoms with Crippen LogP contribution in [0.25, 0.3) is 11.3 Å². The number of H-pyrrole nitrogens is 1. The molecule has 108 valence electrons. The molecule has 0 aliphatic heterocycles. The summed E-state index contributed by atoms with van der Waals surface area (Å²) in [5.74, 6) is 0. The van der Waals surface area contributed by atoms with E-state index in [0.717, 1.165) is 24.2 Å². The van der Waals surface area contributed by atoms with Crippen LogP contribution >= 0.6 is 0 Å². The van der Waals surface area contributed by atoms with Crippen molar-refractivity contribution in [3.05, 3.63) is 36.0 Å². The number of halogens is 3. The molecule has 4 N–H and O–H groups in total. The minimum Gasteiger partial charge on any atom is -0.382 e. The molecule has 1 aromatic carbocycles. The predicted molar refractivity (Wildman–Crippen MR) is 71.2 cm³/mol. The molecule has 0 saturated carbocycles. The van der Waals surface area contributed by atoms with Crippen LogP contribution in [0.1, 0.15) is 12.0 Å². The first-order valence-electron chi connectivity index (χ1n) is 6.17. The maximum Gasteiger partial charge on any atom is 0.416 e. The van der Waals surface area contributed by atoms with Gasteiger partial charge < -0.3 is 11.1 Å². The van der Waals surface area contributed by atoms with Crippen molar-refractivity contribution in [1.82, 2.24) is 10.2 Å². The molecule has 1 heterocycles. The van der Waals surface area contributed by atoms with Crippen molar-refractivity contribution in [1.29, 1.82) is 0 Å². The van der Waals surface area contributed by atoms with E-state index in [-0.39, 0.29) is 0 Å². The Morgan fingerprint density at radius 3 is 2.50 bits per heavy atom. The van der Waals surface area contributed by atoms with Gasteiger partial charge in [-0.25, -0.2) is 0 Å². The van der Waals surface area contributed by atoms with Gasteiger partial charge in [0.2, 0.25) is 0 Å². The van der Waals surface area contributed by atoms with E-state index >= 15 is 0 Å². The van der Waals surface area contributed by atoms with E-state index < -0.39 is 11.7 Å². The minimum atomic E-state index is -4.32. The van der Waals surface area contributed by atoms with Gasteiger partial charge in [0, 0.05) is 12.1 Å². The highest BCUT2D eigenvalue weighted by Gasteiger charge is 2.30. The second kappa shape index (κ2) is 5.96. The molecular weight excluding hydrogens is 269 g/mol. The quantitative estimate of drug-likeness (QED) is 0.740. The molecule has 0 unspecified atom stereocenters. The molecule has 0 aliphatic carbocycles. The Balaban J connectivity index is 2.18. The Hall–Kier alpha value is -2.02. The molecule has 20 heavy (non-hydrogen) atoms. The van der Waals surface area contributed by atoms with Crippen LogP contribution in [0, 0.1) is 0 Å². The number of aromatic nitrogens is 2. The molecule has 4 nitrogen and oxygen atoms in total. The fourth-order valence-corrected chi connectivity index (χ4v) is 1.79. The number of benzene rings is 1. The second-order valence-corrected chi connectivity index (χ2v) is 4.30. The maximum absolute atomic E-state index is 12.5. The molecule has 1 aromatic heterocycles. The monoisotopic (exact) mass is 284 g/mol. The predicted octanol–water partition coefficient (Wildman–Crippen LogP) is 2.86. The molecule has 0 spiro atoms. The third-order valence-corrected chi connectivity index (χ3v) is 2.84. The largest absolute Gasteiger partial charge is 0.416 e. The van der Waals surface area contributed by atoms with Crippen molar-refractivity contribution in [3.8, 4) is 11.3 Å². The first-order valence-corrected chi connectivity index (χ1v) is 6.17. The number of nitrogens with one attached hydrogen (secondary N) is 2. The van der Waals surface area contributed by atoms with Crippen molar-refractivity contribution >= 4 is 5.69 Å². The molecule has 2 rings (SSSR count). The number of rotatable bonds is 5. The molecule has 0 atom stereocenters. The molecule has 0 amide bonds. The first kappa shape index (κ1) is 14.4. The summed E-state index contributed by atoms with van der Waals surface area (Å²) >= 11 is 0. The lowest BCUT2D eigenvalue weighted by Gasteiger charge is -2.09. The number of nitrogens with zero attached hydrogens (tertiary/aromatic N) is 1. The number of hydrogen-bond donors (Lipinski definition) is 3. The number of alkyl halides is 3. The van der Waals surface area contributed by atoms with E-state index in [1.807, 2.05) is 0 Å². The Bertz CT molecular complexity index is 545. The van der Waals surface area contributed by atoms with E-state index in [2.05, 4.69) is 15.5 Å². The lowest BCUT2D eigenvalue weighted by molar-refractivity contribution is -0.137. The van der Waals surface area contributed by atoms with Crippen LogP contribution < -0.4 is 11.1 Å². The Labute approximate surface area is 114 Å². The summed E-state index contributed by atoms with van der Waals surface area (Å²) in [5.41, 5.74) is 6.79. The molecule has 0 radical (unpaired) electrons. The number of nitrogens with two attached hydrogens (primary N) is 1. The van der Waals surface area contributed by atoms with Crippen LogP contribution in [-0.4, -0.2) is 23.3 Å². The zero-order valence-corrected chi connectivity index (χ0v) is 10.7. The topological polar surface area (TPSA) is 66.7 Å². The van der Waals surface area contributed by atoms with Crippen LogP contribution in [-0.2, 0) is 6.18 Å². The van der Waals surface area contributed by atoms with E-state index in [1.165, 1.54) is 12.1 Å². The zero-order chi connectivity index (χ0) is 14.6. The van der Waals surface area contributed by atoms with Crippen molar-refractivity contribution in [2.75, 3.05) is 18.4 Å². The maximum atomic E-state index is 12.5. The van der Waals surface area contributed by atoms with Crippen LogP contribution in [0.2, 0.25) is 0 Å². The Kier molecular flexibility index (Phi) is 4.29. The molecular formula is C13H15F3N4. The van der Waals surface area contributed by atoms with Gasteiger partial charge in [0.05, 0.1) is 23.1 Å². The normalized spacial score (nSPS) is 11.6. The van der Waals surface area contributed by atoms with E-state index in [4.69, 9.17) is 5.73 Å². The number of aromatic amines is 1. The highest BCUT2D eigenvalue weighted by molar-refractivity contribution is 5.73. The Morgan fingerprint density at radius 1 is 1.20 bits per heavy atom. The molecule has 2 aromatic rings. The first-order chi connectivity index (χ1) is 9.52. The van der Waals surface area contributed by atoms with Crippen molar-refractivity contribution in [2.24, 2.45) is 5.73 Å². The third kappa shape index (κ3) is 3.30. The third-order valence-electron chi connectivity index (χ3n) is 2.84. The zero-order valence-electron chi connectivity index (χ0n) is 10.7. The minimum absolute atomic E-state index is 0.570. The van der Waals surface area contributed by atoms with Crippen LogP contribution in [0.4, 0.5) is 18.9 Å². The van der Waals surface area contributed by atoms with Crippen LogP contribution in [0.5, 0.6) is 0 Å². The van der Waals surface area contributed by atoms with Gasteiger partial charge in [-0.2, -0.15) is 18.3 Å². The van der Waals surface area contributed by atoms with Crippen molar-refractivity contribution in [2.45, 2.75) is 12.6 Å². The molecule has 0 aliphatic rings. The van der Waals surface area contributed by atoms with Crippen LogP contribution in [0.3, 0.4) is 0 Å². The molecule has 0 bridgehead atoms. The lowest BCUT2D eigenvalue weighted by Crippen LogP contribution is -2.08. The average molecular weight is 284 g/mol. The van der Waals surface area contributed by atoms with Gasteiger partial charge in [0.15, 0.2) is 0 Å². The van der Waals surface area contributed by atoms with Crippen LogP contribution in [0.15, 0.2) is 30.5 Å². The summed E-state index contributed by atoms with van der Waals surface area (Å²) in [4.78, 5) is 0. The average Bonchev–Trinajstić information content (AvgIpc) is 2.87. The summed E-state index contributed by atoms with van der Waals surface area (Å²) in [5, 5.41) is 9.83.